The Morgan fingerprint density at radius 1 is 0.931 bits per heavy atom. The van der Waals surface area contributed by atoms with Crippen LogP contribution in [-0.2, 0) is 4.79 Å². The van der Waals surface area contributed by atoms with E-state index in [9.17, 15) is 15.2 Å². The normalized spacial score (nSPS) is 13.3. The third kappa shape index (κ3) is 12.0. The van der Waals surface area contributed by atoms with E-state index in [1.165, 1.54) is 24.8 Å². The fourth-order valence-corrected chi connectivity index (χ4v) is 3.35. The molecule has 0 saturated heterocycles. The number of unbranched alkanes of at least 4 members (excludes halogenated alkanes) is 3. The molecule has 1 unspecified atom stereocenters. The van der Waals surface area contributed by atoms with E-state index in [4.69, 9.17) is 0 Å². The Balaban J connectivity index is 2.84. The average Bonchev–Trinajstić information content (AvgIpc) is 2.63. The molecular formula is C23H41N3O3. The molecule has 6 heteroatoms. The van der Waals surface area contributed by atoms with Crippen LogP contribution in [-0.4, -0.2) is 74.5 Å². The van der Waals surface area contributed by atoms with Crippen molar-refractivity contribution in [1.29, 1.82) is 0 Å². The number of hydrogen-bond donors (Lipinski definition) is 0. The first-order chi connectivity index (χ1) is 13.5. The Morgan fingerprint density at radius 3 is 1.97 bits per heavy atom. The number of rotatable bonds is 14. The lowest BCUT2D eigenvalue weighted by atomic mass is 9.89. The van der Waals surface area contributed by atoms with E-state index in [0.29, 0.717) is 32.6 Å². The summed E-state index contributed by atoms with van der Waals surface area (Å²) in [7, 11) is 6.32. The van der Waals surface area contributed by atoms with Gasteiger partial charge in [-0.15, -0.1) is 0 Å². The highest BCUT2D eigenvalue weighted by molar-refractivity contribution is 5.77. The summed E-state index contributed by atoms with van der Waals surface area (Å²) in [6.45, 7) is 3.61. The molecule has 1 aromatic carbocycles. The van der Waals surface area contributed by atoms with Crippen LogP contribution in [0.3, 0.4) is 0 Å². The highest BCUT2D eigenvalue weighted by Crippen LogP contribution is 2.27. The minimum absolute atomic E-state index is 0.0382. The molecule has 0 aliphatic carbocycles. The zero-order valence-corrected chi connectivity index (χ0v) is 19.1. The van der Waals surface area contributed by atoms with Crippen LogP contribution >= 0.6 is 0 Å². The molecule has 0 aliphatic rings. The zero-order chi connectivity index (χ0) is 21.9. The van der Waals surface area contributed by atoms with Gasteiger partial charge in [0.25, 0.3) is 0 Å². The number of likely N-dealkylation sites (N-methyl/N-ethyl adjacent to an activating group) is 2. The molecule has 0 heterocycles. The highest BCUT2D eigenvalue weighted by Gasteiger charge is 2.22. The summed E-state index contributed by atoms with van der Waals surface area (Å²) in [6.07, 6.45) is 6.10. The molecule has 0 radical (unpaired) electrons. The van der Waals surface area contributed by atoms with Crippen molar-refractivity contribution >= 4 is 5.91 Å². The maximum atomic E-state index is 13.2. The first-order valence-electron chi connectivity index (χ1n) is 10.9. The highest BCUT2D eigenvalue weighted by atomic mass is 16.5. The fraction of sp³-hybridized carbons (Fsp3) is 0.696. The van der Waals surface area contributed by atoms with Gasteiger partial charge in [-0.2, -0.15) is 0 Å². The fourth-order valence-electron chi connectivity index (χ4n) is 3.35. The Morgan fingerprint density at radius 2 is 1.48 bits per heavy atom. The largest absolute Gasteiger partial charge is 0.633 e. The standard InChI is InChI=1S/C23H41N3O3/c1-6-7-8-10-15-22(21-13-11-9-12-14-21)20-23(27)24(16-18-25(2,3)28)17-19-26(4,5)29/h9,11-14,22H,6-8,10,15-20H2,1-5H3. The molecule has 166 valence electrons. The third-order valence-corrected chi connectivity index (χ3v) is 5.27. The molecule has 1 atom stereocenters. The minimum Gasteiger partial charge on any atom is -0.633 e. The van der Waals surface area contributed by atoms with Crippen LogP contribution in [0.4, 0.5) is 0 Å². The van der Waals surface area contributed by atoms with Gasteiger partial charge in [-0.3, -0.25) is 4.79 Å². The van der Waals surface area contributed by atoms with E-state index in [-0.39, 0.29) is 11.8 Å². The molecule has 0 bridgehead atoms. The molecule has 1 amide bonds. The number of hydrogen-bond acceptors (Lipinski definition) is 3. The smallest absolute Gasteiger partial charge is 0.223 e. The van der Waals surface area contributed by atoms with E-state index in [1.54, 1.807) is 33.1 Å². The molecule has 6 nitrogen and oxygen atoms in total. The van der Waals surface area contributed by atoms with Gasteiger partial charge in [0.2, 0.25) is 5.91 Å². The summed E-state index contributed by atoms with van der Waals surface area (Å²) in [5, 5.41) is 24.0. The molecule has 0 aromatic heterocycles. The molecular weight excluding hydrogens is 366 g/mol. The Labute approximate surface area is 177 Å². The van der Waals surface area contributed by atoms with Gasteiger partial charge >= 0.3 is 0 Å². The third-order valence-electron chi connectivity index (χ3n) is 5.27. The second kappa shape index (κ2) is 12.3. The molecule has 29 heavy (non-hydrogen) atoms. The van der Waals surface area contributed by atoms with Gasteiger partial charge < -0.3 is 24.6 Å². The van der Waals surface area contributed by atoms with E-state index < -0.39 is 9.29 Å². The minimum atomic E-state index is -0.446. The molecule has 0 aliphatic heterocycles. The molecule has 0 N–H and O–H groups in total. The van der Waals surface area contributed by atoms with E-state index in [2.05, 4.69) is 19.1 Å². The monoisotopic (exact) mass is 407 g/mol. The number of quaternary nitrogens is 2. The average molecular weight is 408 g/mol. The molecule has 1 rings (SSSR count). The maximum Gasteiger partial charge on any atom is 0.223 e. The second-order valence-electron chi connectivity index (χ2n) is 9.14. The van der Waals surface area contributed by atoms with Gasteiger partial charge in [0.05, 0.1) is 54.4 Å². The topological polar surface area (TPSA) is 66.4 Å². The first-order valence-corrected chi connectivity index (χ1v) is 10.9. The van der Waals surface area contributed by atoms with Crippen molar-refractivity contribution in [2.75, 3.05) is 54.4 Å². The Kier molecular flexibility index (Phi) is 10.8. The second-order valence-corrected chi connectivity index (χ2v) is 9.14. The molecule has 0 fully saturated rings. The molecule has 0 spiro atoms. The van der Waals surface area contributed by atoms with Crippen LogP contribution in [0.2, 0.25) is 0 Å². The predicted molar refractivity (Wildman–Crippen MR) is 120 cm³/mol. The van der Waals surface area contributed by atoms with Crippen LogP contribution < -0.4 is 0 Å². The quantitative estimate of drug-likeness (QED) is 0.265. The van der Waals surface area contributed by atoms with Crippen molar-refractivity contribution in [3.63, 3.8) is 0 Å². The molecule has 0 saturated carbocycles. The van der Waals surface area contributed by atoms with E-state index in [0.717, 1.165) is 12.8 Å². The summed E-state index contributed by atoms with van der Waals surface area (Å²) in [5.41, 5.74) is 1.19. The number of benzene rings is 1. The van der Waals surface area contributed by atoms with Crippen molar-refractivity contribution in [1.82, 2.24) is 4.90 Å². The van der Waals surface area contributed by atoms with Crippen LogP contribution in [0.5, 0.6) is 0 Å². The Bertz CT molecular complexity index is 561. The van der Waals surface area contributed by atoms with Gasteiger partial charge in [-0.25, -0.2) is 0 Å². The first kappa shape index (κ1) is 25.6. The van der Waals surface area contributed by atoms with Gasteiger partial charge in [-0.05, 0) is 17.9 Å². The lowest BCUT2D eigenvalue weighted by Gasteiger charge is -2.38. The summed E-state index contributed by atoms with van der Waals surface area (Å²) in [4.78, 5) is 14.9. The summed E-state index contributed by atoms with van der Waals surface area (Å²) < 4.78 is -0.892. The molecule has 1 aromatic rings. The number of hydroxylamine groups is 6. The number of carbonyl (C=O) groups is 1. The van der Waals surface area contributed by atoms with Crippen LogP contribution in [0.1, 0.15) is 56.9 Å². The van der Waals surface area contributed by atoms with Crippen molar-refractivity contribution in [3.05, 3.63) is 46.3 Å². The van der Waals surface area contributed by atoms with Gasteiger partial charge in [0.15, 0.2) is 0 Å². The van der Waals surface area contributed by atoms with Crippen molar-refractivity contribution in [2.24, 2.45) is 0 Å². The summed E-state index contributed by atoms with van der Waals surface area (Å²) in [6, 6.07) is 10.2. The van der Waals surface area contributed by atoms with E-state index >= 15 is 0 Å². The van der Waals surface area contributed by atoms with Crippen molar-refractivity contribution in [3.8, 4) is 0 Å². The van der Waals surface area contributed by atoms with E-state index in [1.807, 2.05) is 18.2 Å². The summed E-state index contributed by atoms with van der Waals surface area (Å²) >= 11 is 0. The predicted octanol–water partition coefficient (Wildman–Crippen LogP) is 4.11. The van der Waals surface area contributed by atoms with Crippen molar-refractivity contribution < 1.29 is 14.1 Å². The number of carbonyl (C=O) groups excluding carboxylic acids is 1. The van der Waals surface area contributed by atoms with Crippen LogP contribution in [0.25, 0.3) is 0 Å². The SMILES string of the molecule is CCCCCCC(CC(=O)N(CC[N+](C)(C)[O-])CC[N+](C)(C)[O-])c1ccccc1. The van der Waals surface area contributed by atoms with Crippen LogP contribution in [0, 0.1) is 10.4 Å². The number of amides is 1. The van der Waals surface area contributed by atoms with Crippen LogP contribution in [0.15, 0.2) is 30.3 Å². The van der Waals surface area contributed by atoms with Gasteiger partial charge in [0, 0.05) is 6.42 Å². The Hall–Kier alpha value is -1.47. The maximum absolute atomic E-state index is 13.2. The zero-order valence-electron chi connectivity index (χ0n) is 19.1. The van der Waals surface area contributed by atoms with Gasteiger partial charge in [-0.1, -0.05) is 62.9 Å². The lowest BCUT2D eigenvalue weighted by molar-refractivity contribution is -0.842. The lowest BCUT2D eigenvalue weighted by Crippen LogP contribution is -2.47. The van der Waals surface area contributed by atoms with Gasteiger partial charge in [0.1, 0.15) is 0 Å². The van der Waals surface area contributed by atoms with Crippen molar-refractivity contribution in [2.45, 2.75) is 51.4 Å². The number of nitrogens with zero attached hydrogens (tertiary/aromatic N) is 3. The summed E-state index contributed by atoms with van der Waals surface area (Å²) in [5.74, 6) is 0.212.